The summed E-state index contributed by atoms with van der Waals surface area (Å²) in [6, 6.07) is 16.3. The third-order valence-corrected chi connectivity index (χ3v) is 5.60. The van der Waals surface area contributed by atoms with Gasteiger partial charge in [-0.25, -0.2) is 4.98 Å². The van der Waals surface area contributed by atoms with Gasteiger partial charge in [0.1, 0.15) is 11.6 Å². The van der Waals surface area contributed by atoms with E-state index in [9.17, 15) is 5.11 Å². The van der Waals surface area contributed by atoms with Crippen LogP contribution < -0.4 is 4.74 Å². The number of para-hydroxylation sites is 2. The Bertz CT molecular complexity index is 874. The molecule has 142 valence electrons. The number of piperidine rings is 1. The molecule has 2 N–H and O–H groups in total. The van der Waals surface area contributed by atoms with Gasteiger partial charge in [0.2, 0.25) is 0 Å². The third kappa shape index (κ3) is 3.99. The van der Waals surface area contributed by atoms with Crippen molar-refractivity contribution in [3.8, 4) is 5.75 Å². The Morgan fingerprint density at radius 1 is 1.22 bits per heavy atom. The second kappa shape index (κ2) is 7.71. The maximum absolute atomic E-state index is 10.2. The number of rotatable bonds is 6. The van der Waals surface area contributed by atoms with Crippen molar-refractivity contribution in [3.05, 3.63) is 59.9 Å². The summed E-state index contributed by atoms with van der Waals surface area (Å²) in [6.07, 6.45) is 2.99. The van der Waals surface area contributed by atoms with Crippen LogP contribution >= 0.6 is 0 Å². The molecule has 1 aliphatic rings. The van der Waals surface area contributed by atoms with E-state index in [4.69, 9.17) is 9.72 Å². The average Bonchev–Trinajstić information content (AvgIpc) is 3.10. The normalized spacial score (nSPS) is 20.8. The number of likely N-dealkylation sites (tertiary alicyclic amines) is 1. The summed E-state index contributed by atoms with van der Waals surface area (Å²) in [7, 11) is 1.69. The molecule has 5 heteroatoms. The minimum atomic E-state index is -0.114. The zero-order valence-electron chi connectivity index (χ0n) is 15.8. The van der Waals surface area contributed by atoms with Gasteiger partial charge in [-0.05, 0) is 55.6 Å². The lowest BCUT2D eigenvalue weighted by Gasteiger charge is -2.41. The molecular formula is C22H27N3O2. The molecule has 0 aliphatic carbocycles. The van der Waals surface area contributed by atoms with Gasteiger partial charge >= 0.3 is 0 Å². The fraction of sp³-hybridized carbons (Fsp3) is 0.409. The van der Waals surface area contributed by atoms with Crippen molar-refractivity contribution in [3.63, 3.8) is 0 Å². The average molecular weight is 365 g/mol. The molecule has 0 radical (unpaired) electrons. The molecule has 1 unspecified atom stereocenters. The SMILES string of the molecule is COc1cccc(CC2(CO)CCCN(Cc3nc4ccccc4[nH]3)C2)c1. The molecule has 0 bridgehead atoms. The number of nitrogens with one attached hydrogen (secondary N) is 1. The first-order valence-electron chi connectivity index (χ1n) is 9.59. The molecule has 1 aromatic heterocycles. The number of fused-ring (bicyclic) bond motifs is 1. The molecule has 0 amide bonds. The van der Waals surface area contributed by atoms with E-state index >= 15 is 0 Å². The van der Waals surface area contributed by atoms with Crippen LogP contribution in [0, 0.1) is 5.41 Å². The van der Waals surface area contributed by atoms with Crippen LogP contribution in [-0.2, 0) is 13.0 Å². The maximum atomic E-state index is 10.2. The fourth-order valence-electron chi connectivity index (χ4n) is 4.28. The summed E-state index contributed by atoms with van der Waals surface area (Å²) in [5.74, 6) is 1.86. The highest BCUT2D eigenvalue weighted by Gasteiger charge is 2.35. The number of methoxy groups -OCH3 is 1. The van der Waals surface area contributed by atoms with Gasteiger partial charge in [-0.2, -0.15) is 0 Å². The number of aromatic nitrogens is 2. The van der Waals surface area contributed by atoms with Crippen LogP contribution in [0.5, 0.6) is 5.75 Å². The van der Waals surface area contributed by atoms with Gasteiger partial charge in [0.15, 0.2) is 0 Å². The first kappa shape index (κ1) is 18.0. The Balaban J connectivity index is 1.49. The van der Waals surface area contributed by atoms with Gasteiger partial charge in [0, 0.05) is 12.0 Å². The van der Waals surface area contributed by atoms with Crippen LogP contribution in [0.1, 0.15) is 24.2 Å². The number of benzene rings is 2. The minimum absolute atomic E-state index is 0.114. The zero-order chi connectivity index (χ0) is 18.7. The largest absolute Gasteiger partial charge is 0.497 e. The molecule has 4 rings (SSSR count). The van der Waals surface area contributed by atoms with E-state index in [-0.39, 0.29) is 12.0 Å². The number of nitrogens with zero attached hydrogens (tertiary/aromatic N) is 2. The molecule has 5 nitrogen and oxygen atoms in total. The first-order valence-corrected chi connectivity index (χ1v) is 9.59. The minimum Gasteiger partial charge on any atom is -0.497 e. The third-order valence-electron chi connectivity index (χ3n) is 5.60. The summed E-state index contributed by atoms with van der Waals surface area (Å²) >= 11 is 0. The maximum Gasteiger partial charge on any atom is 0.121 e. The summed E-state index contributed by atoms with van der Waals surface area (Å²) in [5, 5.41) is 10.2. The second-order valence-electron chi connectivity index (χ2n) is 7.70. The number of hydrogen-bond donors (Lipinski definition) is 2. The van der Waals surface area contributed by atoms with E-state index in [1.807, 2.05) is 30.3 Å². The summed E-state index contributed by atoms with van der Waals surface area (Å²) in [6.45, 7) is 2.89. The summed E-state index contributed by atoms with van der Waals surface area (Å²) in [5.41, 5.74) is 3.19. The topological polar surface area (TPSA) is 61.4 Å². The zero-order valence-corrected chi connectivity index (χ0v) is 15.8. The van der Waals surface area contributed by atoms with Gasteiger partial charge in [0.05, 0.1) is 31.3 Å². The van der Waals surface area contributed by atoms with Gasteiger partial charge in [-0.15, -0.1) is 0 Å². The predicted octanol–water partition coefficient (Wildman–Crippen LogP) is 3.39. The molecule has 0 saturated carbocycles. The highest BCUT2D eigenvalue weighted by molar-refractivity contribution is 5.74. The van der Waals surface area contributed by atoms with Gasteiger partial charge in [0.25, 0.3) is 0 Å². The Morgan fingerprint density at radius 2 is 2.11 bits per heavy atom. The smallest absolute Gasteiger partial charge is 0.121 e. The van der Waals surface area contributed by atoms with Gasteiger partial charge < -0.3 is 14.8 Å². The highest BCUT2D eigenvalue weighted by Crippen LogP contribution is 2.34. The van der Waals surface area contributed by atoms with Crippen molar-refractivity contribution in [2.24, 2.45) is 5.41 Å². The number of ether oxygens (including phenoxy) is 1. The Hall–Kier alpha value is -2.37. The van der Waals surface area contributed by atoms with Crippen LogP contribution in [0.25, 0.3) is 11.0 Å². The molecule has 2 aromatic carbocycles. The van der Waals surface area contributed by atoms with Crippen molar-refractivity contribution < 1.29 is 9.84 Å². The molecule has 0 spiro atoms. The Morgan fingerprint density at radius 3 is 2.93 bits per heavy atom. The van der Waals surface area contributed by atoms with E-state index in [0.717, 1.165) is 61.5 Å². The van der Waals surface area contributed by atoms with E-state index in [1.54, 1.807) is 7.11 Å². The monoisotopic (exact) mass is 365 g/mol. The number of aliphatic hydroxyl groups excluding tert-OH is 1. The molecule has 3 aromatic rings. The molecule has 1 fully saturated rings. The fourth-order valence-corrected chi connectivity index (χ4v) is 4.28. The van der Waals surface area contributed by atoms with Crippen LogP contribution in [0.4, 0.5) is 0 Å². The number of H-pyrrole nitrogens is 1. The first-order chi connectivity index (χ1) is 13.2. The van der Waals surface area contributed by atoms with E-state index < -0.39 is 0 Å². The highest BCUT2D eigenvalue weighted by atomic mass is 16.5. The predicted molar refractivity (Wildman–Crippen MR) is 107 cm³/mol. The quantitative estimate of drug-likeness (QED) is 0.703. The Kier molecular flexibility index (Phi) is 5.14. The van der Waals surface area contributed by atoms with Gasteiger partial charge in [-0.1, -0.05) is 24.3 Å². The number of hydrogen-bond acceptors (Lipinski definition) is 4. The van der Waals surface area contributed by atoms with E-state index in [2.05, 4.69) is 28.1 Å². The van der Waals surface area contributed by atoms with E-state index in [1.165, 1.54) is 5.56 Å². The van der Waals surface area contributed by atoms with Crippen LogP contribution in [0.3, 0.4) is 0 Å². The molecular weight excluding hydrogens is 338 g/mol. The molecule has 1 aliphatic heterocycles. The number of aliphatic hydroxyl groups is 1. The van der Waals surface area contributed by atoms with Crippen LogP contribution in [0.15, 0.2) is 48.5 Å². The van der Waals surface area contributed by atoms with Gasteiger partial charge in [-0.3, -0.25) is 4.90 Å². The van der Waals surface area contributed by atoms with Crippen LogP contribution in [0.2, 0.25) is 0 Å². The standard InChI is InChI=1S/C22H27N3O2/c1-27-18-7-4-6-17(12-18)13-22(16-26)10-5-11-25(15-22)14-21-23-19-8-2-3-9-20(19)24-21/h2-4,6-9,12,26H,5,10-11,13-16H2,1H3,(H,23,24). The summed E-state index contributed by atoms with van der Waals surface area (Å²) in [4.78, 5) is 10.5. The van der Waals surface area contributed by atoms with Crippen molar-refractivity contribution in [1.29, 1.82) is 0 Å². The van der Waals surface area contributed by atoms with Crippen molar-refractivity contribution in [2.75, 3.05) is 26.8 Å². The van der Waals surface area contributed by atoms with Crippen LogP contribution in [-0.4, -0.2) is 46.8 Å². The summed E-state index contributed by atoms with van der Waals surface area (Å²) < 4.78 is 5.35. The second-order valence-corrected chi connectivity index (χ2v) is 7.70. The van der Waals surface area contributed by atoms with E-state index in [0.29, 0.717) is 0 Å². The molecule has 1 saturated heterocycles. The number of imidazole rings is 1. The lowest BCUT2D eigenvalue weighted by atomic mass is 9.75. The molecule has 2 heterocycles. The van der Waals surface area contributed by atoms with Crippen molar-refractivity contribution >= 4 is 11.0 Å². The lowest BCUT2D eigenvalue weighted by molar-refractivity contribution is 0.0279. The molecule has 27 heavy (non-hydrogen) atoms. The number of aromatic amines is 1. The van der Waals surface area contributed by atoms with Crippen molar-refractivity contribution in [2.45, 2.75) is 25.8 Å². The van der Waals surface area contributed by atoms with Crippen molar-refractivity contribution in [1.82, 2.24) is 14.9 Å². The lowest BCUT2D eigenvalue weighted by Crippen LogP contribution is -2.46. The Labute approximate surface area is 160 Å². The molecule has 1 atom stereocenters.